The molecule has 0 aromatic heterocycles. The van der Waals surface area contributed by atoms with Crippen molar-refractivity contribution in [1.29, 1.82) is 0 Å². The van der Waals surface area contributed by atoms with Crippen LogP contribution in [0.4, 0.5) is 0 Å². The molecule has 1 aromatic carbocycles. The molecule has 0 spiro atoms. The highest BCUT2D eigenvalue weighted by Gasteiger charge is 2.41. The molecule has 2 aliphatic rings. The Bertz CT molecular complexity index is 409. The number of ether oxygens (including phenoxy) is 2. The van der Waals surface area contributed by atoms with Crippen LogP contribution in [0.2, 0.25) is 0 Å². The Balaban J connectivity index is 1.73. The summed E-state index contributed by atoms with van der Waals surface area (Å²) in [7, 11) is 1.71. The molecule has 2 aliphatic heterocycles. The van der Waals surface area contributed by atoms with Crippen LogP contribution >= 0.6 is 0 Å². The summed E-state index contributed by atoms with van der Waals surface area (Å²) in [6.45, 7) is 7.24. The van der Waals surface area contributed by atoms with E-state index in [1.165, 1.54) is 5.56 Å². The highest BCUT2D eigenvalue weighted by atomic mass is 16.5. The molecule has 0 unspecified atom stereocenters. The maximum Gasteiger partial charge on any atom is 0.118 e. The molecular formula is C15H22N2O2. The van der Waals surface area contributed by atoms with Gasteiger partial charge in [-0.25, -0.2) is 0 Å². The summed E-state index contributed by atoms with van der Waals surface area (Å²) in [6, 6.07) is 8.47. The fourth-order valence-electron chi connectivity index (χ4n) is 2.94. The lowest BCUT2D eigenvalue weighted by atomic mass is 9.78. The summed E-state index contributed by atoms with van der Waals surface area (Å²) in [6.07, 6.45) is 0. The minimum absolute atomic E-state index is 0.184. The Labute approximate surface area is 114 Å². The monoisotopic (exact) mass is 262 g/mol. The van der Waals surface area contributed by atoms with Crippen molar-refractivity contribution in [1.82, 2.24) is 10.2 Å². The van der Waals surface area contributed by atoms with Crippen LogP contribution in [-0.2, 0) is 10.2 Å². The third-order valence-electron chi connectivity index (χ3n) is 4.19. The molecule has 3 rings (SSSR count). The lowest BCUT2D eigenvalue weighted by Gasteiger charge is -2.46. The molecule has 0 bridgehead atoms. The minimum atomic E-state index is 0.184. The third-order valence-corrected chi connectivity index (χ3v) is 4.19. The van der Waals surface area contributed by atoms with Crippen LogP contribution in [-0.4, -0.2) is 57.9 Å². The second-order valence-electron chi connectivity index (χ2n) is 5.53. The molecule has 0 aliphatic carbocycles. The van der Waals surface area contributed by atoms with Crippen molar-refractivity contribution in [3.8, 4) is 5.75 Å². The van der Waals surface area contributed by atoms with Crippen LogP contribution in [0.15, 0.2) is 24.3 Å². The van der Waals surface area contributed by atoms with Crippen molar-refractivity contribution in [3.05, 3.63) is 29.8 Å². The van der Waals surface area contributed by atoms with E-state index in [4.69, 9.17) is 9.47 Å². The summed E-state index contributed by atoms with van der Waals surface area (Å²) in [4.78, 5) is 2.54. The first kappa shape index (κ1) is 12.9. The zero-order chi connectivity index (χ0) is 13.1. The van der Waals surface area contributed by atoms with E-state index in [-0.39, 0.29) is 5.41 Å². The first-order chi connectivity index (χ1) is 9.32. The van der Waals surface area contributed by atoms with E-state index < -0.39 is 0 Å². The summed E-state index contributed by atoms with van der Waals surface area (Å²) in [5.74, 6) is 0.918. The highest BCUT2D eigenvalue weighted by Crippen LogP contribution is 2.34. The number of hydrogen-bond acceptors (Lipinski definition) is 4. The molecule has 4 heteroatoms. The van der Waals surface area contributed by atoms with Gasteiger partial charge < -0.3 is 14.8 Å². The maximum atomic E-state index is 5.52. The summed E-state index contributed by atoms with van der Waals surface area (Å²) >= 11 is 0. The first-order valence-corrected chi connectivity index (χ1v) is 6.98. The van der Waals surface area contributed by atoms with Gasteiger partial charge in [0.2, 0.25) is 0 Å². The van der Waals surface area contributed by atoms with Crippen LogP contribution in [0.1, 0.15) is 5.56 Å². The zero-order valence-electron chi connectivity index (χ0n) is 11.5. The van der Waals surface area contributed by atoms with Gasteiger partial charge in [-0.2, -0.15) is 0 Å². The van der Waals surface area contributed by atoms with Gasteiger partial charge >= 0.3 is 0 Å². The predicted octanol–water partition coefficient (Wildman–Crippen LogP) is 0.868. The molecular weight excluding hydrogens is 240 g/mol. The van der Waals surface area contributed by atoms with E-state index in [0.29, 0.717) is 0 Å². The quantitative estimate of drug-likeness (QED) is 0.873. The van der Waals surface area contributed by atoms with Gasteiger partial charge in [-0.15, -0.1) is 0 Å². The SMILES string of the molecule is COc1ccc(C2(CN3CCNCC3)COC2)cc1. The average molecular weight is 262 g/mol. The van der Waals surface area contributed by atoms with Crippen molar-refractivity contribution in [3.63, 3.8) is 0 Å². The number of nitrogens with zero attached hydrogens (tertiary/aromatic N) is 1. The zero-order valence-corrected chi connectivity index (χ0v) is 11.5. The molecule has 19 heavy (non-hydrogen) atoms. The Morgan fingerprint density at radius 1 is 1.21 bits per heavy atom. The van der Waals surface area contributed by atoms with Gasteiger partial charge in [0.15, 0.2) is 0 Å². The number of rotatable bonds is 4. The van der Waals surface area contributed by atoms with Crippen molar-refractivity contribution in [2.24, 2.45) is 0 Å². The second kappa shape index (κ2) is 5.49. The number of methoxy groups -OCH3 is 1. The molecule has 1 N–H and O–H groups in total. The number of piperazine rings is 1. The number of benzene rings is 1. The molecule has 4 nitrogen and oxygen atoms in total. The fraction of sp³-hybridized carbons (Fsp3) is 0.600. The largest absolute Gasteiger partial charge is 0.497 e. The summed E-state index contributed by atoms with van der Waals surface area (Å²) in [5.41, 5.74) is 1.56. The molecule has 0 atom stereocenters. The molecule has 0 radical (unpaired) electrons. The summed E-state index contributed by atoms with van der Waals surface area (Å²) in [5, 5.41) is 3.40. The van der Waals surface area contributed by atoms with E-state index in [2.05, 4.69) is 22.3 Å². The van der Waals surface area contributed by atoms with Gasteiger partial charge in [-0.3, -0.25) is 4.90 Å². The van der Waals surface area contributed by atoms with E-state index in [9.17, 15) is 0 Å². The van der Waals surface area contributed by atoms with E-state index in [0.717, 1.165) is 51.7 Å². The lowest BCUT2D eigenvalue weighted by molar-refractivity contribution is -0.0756. The smallest absolute Gasteiger partial charge is 0.118 e. The van der Waals surface area contributed by atoms with Gasteiger partial charge in [-0.1, -0.05) is 12.1 Å². The Morgan fingerprint density at radius 2 is 1.89 bits per heavy atom. The first-order valence-electron chi connectivity index (χ1n) is 6.98. The van der Waals surface area contributed by atoms with Gasteiger partial charge in [0.1, 0.15) is 5.75 Å². The molecule has 104 valence electrons. The standard InChI is InChI=1S/C15H22N2O2/c1-18-14-4-2-13(3-5-14)15(11-19-12-15)10-17-8-6-16-7-9-17/h2-5,16H,6-12H2,1H3. The highest BCUT2D eigenvalue weighted by molar-refractivity contribution is 5.34. The topological polar surface area (TPSA) is 33.7 Å². The van der Waals surface area contributed by atoms with Crippen molar-refractivity contribution in [2.45, 2.75) is 5.41 Å². The van der Waals surface area contributed by atoms with Gasteiger partial charge in [0, 0.05) is 32.7 Å². The van der Waals surface area contributed by atoms with Crippen LogP contribution in [0.3, 0.4) is 0 Å². The Morgan fingerprint density at radius 3 is 2.42 bits per heavy atom. The van der Waals surface area contributed by atoms with E-state index in [1.807, 2.05) is 12.1 Å². The van der Waals surface area contributed by atoms with Crippen molar-refractivity contribution >= 4 is 0 Å². The number of hydrogen-bond donors (Lipinski definition) is 1. The van der Waals surface area contributed by atoms with Gasteiger partial charge in [-0.05, 0) is 17.7 Å². The van der Waals surface area contributed by atoms with E-state index in [1.54, 1.807) is 7.11 Å². The molecule has 2 heterocycles. The van der Waals surface area contributed by atoms with Gasteiger partial charge in [0.25, 0.3) is 0 Å². The number of nitrogens with one attached hydrogen (secondary N) is 1. The van der Waals surface area contributed by atoms with Crippen LogP contribution in [0.5, 0.6) is 5.75 Å². The average Bonchev–Trinajstić information content (AvgIpc) is 2.44. The normalized spacial score (nSPS) is 22.8. The molecule has 0 saturated carbocycles. The minimum Gasteiger partial charge on any atom is -0.497 e. The summed E-state index contributed by atoms with van der Waals surface area (Å²) < 4.78 is 10.8. The van der Waals surface area contributed by atoms with Crippen LogP contribution in [0.25, 0.3) is 0 Å². The molecule has 1 aromatic rings. The van der Waals surface area contributed by atoms with Crippen LogP contribution < -0.4 is 10.1 Å². The molecule has 2 saturated heterocycles. The second-order valence-corrected chi connectivity index (χ2v) is 5.53. The maximum absolute atomic E-state index is 5.52. The Hall–Kier alpha value is -1.10. The fourth-order valence-corrected chi connectivity index (χ4v) is 2.94. The van der Waals surface area contributed by atoms with Crippen LogP contribution in [0, 0.1) is 0 Å². The molecule has 0 amide bonds. The van der Waals surface area contributed by atoms with Gasteiger partial charge in [0.05, 0.1) is 25.7 Å². The predicted molar refractivity (Wildman–Crippen MR) is 74.8 cm³/mol. The Kier molecular flexibility index (Phi) is 3.73. The van der Waals surface area contributed by atoms with E-state index >= 15 is 0 Å². The molecule has 2 fully saturated rings. The van der Waals surface area contributed by atoms with Crippen molar-refractivity contribution in [2.75, 3.05) is 53.0 Å². The van der Waals surface area contributed by atoms with Crippen molar-refractivity contribution < 1.29 is 9.47 Å². The lowest BCUT2D eigenvalue weighted by Crippen LogP contribution is -2.57. The third kappa shape index (κ3) is 2.61.